The van der Waals surface area contributed by atoms with Gasteiger partial charge in [-0.3, -0.25) is 10.1 Å². The SMILES string of the molecule is CC(C)(C)OC(=O)C(C)(C)NC1CCN(C(=O)OCc2ccccc2)CC1. The quantitative estimate of drug-likeness (QED) is 0.797. The zero-order chi connectivity index (χ0) is 20.1. The Morgan fingerprint density at radius 3 is 2.22 bits per heavy atom. The number of ether oxygens (including phenoxy) is 2. The van der Waals surface area contributed by atoms with Gasteiger partial charge in [0.2, 0.25) is 0 Å². The van der Waals surface area contributed by atoms with Crippen LogP contribution in [-0.4, -0.2) is 47.2 Å². The summed E-state index contributed by atoms with van der Waals surface area (Å²) in [7, 11) is 0. The summed E-state index contributed by atoms with van der Waals surface area (Å²) in [5, 5.41) is 3.38. The third kappa shape index (κ3) is 6.86. The van der Waals surface area contributed by atoms with Crippen LogP contribution < -0.4 is 5.32 Å². The molecule has 0 unspecified atom stereocenters. The number of benzene rings is 1. The maximum atomic E-state index is 12.4. The van der Waals surface area contributed by atoms with Gasteiger partial charge in [0.15, 0.2) is 0 Å². The normalized spacial score (nSPS) is 16.1. The van der Waals surface area contributed by atoms with E-state index in [1.54, 1.807) is 4.90 Å². The molecule has 0 saturated carbocycles. The van der Waals surface area contributed by atoms with Crippen LogP contribution in [0.5, 0.6) is 0 Å². The molecule has 0 atom stereocenters. The van der Waals surface area contributed by atoms with Crippen LogP contribution in [-0.2, 0) is 20.9 Å². The summed E-state index contributed by atoms with van der Waals surface area (Å²) in [5.41, 5.74) is -0.308. The van der Waals surface area contributed by atoms with Crippen molar-refractivity contribution in [3.63, 3.8) is 0 Å². The first-order valence-corrected chi connectivity index (χ1v) is 9.53. The molecule has 0 aromatic heterocycles. The van der Waals surface area contributed by atoms with Crippen molar-refractivity contribution in [3.8, 4) is 0 Å². The van der Waals surface area contributed by atoms with E-state index in [-0.39, 0.29) is 24.7 Å². The van der Waals surface area contributed by atoms with Crippen LogP contribution in [0.1, 0.15) is 53.0 Å². The minimum atomic E-state index is -0.770. The first-order valence-electron chi connectivity index (χ1n) is 9.53. The second-order valence-corrected chi connectivity index (χ2v) is 8.57. The van der Waals surface area contributed by atoms with Crippen molar-refractivity contribution in [1.29, 1.82) is 0 Å². The Morgan fingerprint density at radius 2 is 1.67 bits per heavy atom. The van der Waals surface area contributed by atoms with Gasteiger partial charge in [-0.1, -0.05) is 30.3 Å². The molecule has 2 rings (SSSR count). The van der Waals surface area contributed by atoms with Crippen LogP contribution in [0.15, 0.2) is 30.3 Å². The lowest BCUT2D eigenvalue weighted by atomic mass is 9.98. The van der Waals surface area contributed by atoms with Crippen molar-refractivity contribution in [2.45, 2.75) is 71.2 Å². The summed E-state index contributed by atoms with van der Waals surface area (Å²) in [6.45, 7) is 10.7. The van der Waals surface area contributed by atoms with Crippen LogP contribution in [0, 0.1) is 0 Å². The minimum absolute atomic E-state index is 0.158. The maximum absolute atomic E-state index is 12.4. The minimum Gasteiger partial charge on any atom is -0.459 e. The van der Waals surface area contributed by atoms with E-state index in [0.717, 1.165) is 18.4 Å². The summed E-state index contributed by atoms with van der Waals surface area (Å²) < 4.78 is 10.9. The van der Waals surface area contributed by atoms with E-state index in [1.807, 2.05) is 65.0 Å². The third-order valence-corrected chi connectivity index (χ3v) is 4.43. The molecular formula is C21H32N2O4. The van der Waals surface area contributed by atoms with Gasteiger partial charge in [0.25, 0.3) is 0 Å². The summed E-state index contributed by atoms with van der Waals surface area (Å²) in [6.07, 6.45) is 1.25. The molecule has 0 radical (unpaired) electrons. The van der Waals surface area contributed by atoms with Crippen LogP contribution >= 0.6 is 0 Å². The molecule has 1 heterocycles. The molecule has 1 N–H and O–H groups in total. The highest BCUT2D eigenvalue weighted by Gasteiger charge is 2.35. The van der Waals surface area contributed by atoms with Gasteiger partial charge in [0.1, 0.15) is 17.7 Å². The third-order valence-electron chi connectivity index (χ3n) is 4.43. The Kier molecular flexibility index (Phi) is 6.87. The van der Waals surface area contributed by atoms with Gasteiger partial charge in [-0.2, -0.15) is 0 Å². The van der Waals surface area contributed by atoms with Crippen LogP contribution in [0.2, 0.25) is 0 Å². The monoisotopic (exact) mass is 376 g/mol. The average Bonchev–Trinajstić information content (AvgIpc) is 2.59. The number of amides is 1. The highest BCUT2D eigenvalue weighted by molar-refractivity contribution is 5.80. The highest BCUT2D eigenvalue weighted by atomic mass is 16.6. The largest absolute Gasteiger partial charge is 0.459 e. The van der Waals surface area contributed by atoms with Crippen molar-refractivity contribution < 1.29 is 19.1 Å². The summed E-state index contributed by atoms with van der Waals surface area (Å²) in [4.78, 5) is 26.3. The molecule has 1 fully saturated rings. The van der Waals surface area contributed by atoms with E-state index >= 15 is 0 Å². The topological polar surface area (TPSA) is 67.9 Å². The van der Waals surface area contributed by atoms with Crippen molar-refractivity contribution in [2.24, 2.45) is 0 Å². The van der Waals surface area contributed by atoms with Gasteiger partial charge in [0.05, 0.1) is 0 Å². The molecule has 6 nitrogen and oxygen atoms in total. The Hall–Kier alpha value is -2.08. The van der Waals surface area contributed by atoms with Crippen molar-refractivity contribution in [2.75, 3.05) is 13.1 Å². The fraction of sp³-hybridized carbons (Fsp3) is 0.619. The second kappa shape index (κ2) is 8.74. The van der Waals surface area contributed by atoms with E-state index < -0.39 is 11.1 Å². The molecule has 1 aliphatic rings. The van der Waals surface area contributed by atoms with Crippen molar-refractivity contribution in [3.05, 3.63) is 35.9 Å². The smallest absolute Gasteiger partial charge is 0.410 e. The lowest BCUT2D eigenvalue weighted by Crippen LogP contribution is -2.56. The fourth-order valence-electron chi connectivity index (χ4n) is 2.99. The van der Waals surface area contributed by atoms with E-state index in [9.17, 15) is 9.59 Å². The maximum Gasteiger partial charge on any atom is 0.410 e. The number of hydrogen-bond donors (Lipinski definition) is 1. The molecule has 150 valence electrons. The Morgan fingerprint density at radius 1 is 1.07 bits per heavy atom. The van der Waals surface area contributed by atoms with Gasteiger partial charge in [-0.25, -0.2) is 4.79 Å². The first-order chi connectivity index (χ1) is 12.6. The van der Waals surface area contributed by atoms with Gasteiger partial charge in [-0.15, -0.1) is 0 Å². The Balaban J connectivity index is 1.77. The number of nitrogens with zero attached hydrogens (tertiary/aromatic N) is 1. The van der Waals surface area contributed by atoms with Crippen LogP contribution in [0.3, 0.4) is 0 Å². The van der Waals surface area contributed by atoms with E-state index in [2.05, 4.69) is 5.32 Å². The van der Waals surface area contributed by atoms with E-state index in [4.69, 9.17) is 9.47 Å². The lowest BCUT2D eigenvalue weighted by Gasteiger charge is -2.37. The summed E-state index contributed by atoms with van der Waals surface area (Å²) >= 11 is 0. The molecule has 0 aliphatic carbocycles. The summed E-state index contributed by atoms with van der Waals surface area (Å²) in [6, 6.07) is 9.80. The Bertz CT molecular complexity index is 629. The molecular weight excluding hydrogens is 344 g/mol. The number of nitrogens with one attached hydrogen (secondary N) is 1. The van der Waals surface area contributed by atoms with Gasteiger partial charge < -0.3 is 14.4 Å². The number of hydrogen-bond acceptors (Lipinski definition) is 5. The zero-order valence-electron chi connectivity index (χ0n) is 17.1. The van der Waals surface area contributed by atoms with Gasteiger partial charge in [0, 0.05) is 19.1 Å². The number of likely N-dealkylation sites (tertiary alicyclic amines) is 1. The molecule has 27 heavy (non-hydrogen) atoms. The first kappa shape index (κ1) is 21.2. The molecule has 1 aromatic carbocycles. The standard InChI is InChI=1S/C21H32N2O4/c1-20(2,3)27-18(24)21(4,5)22-17-11-13-23(14-12-17)19(25)26-15-16-9-7-6-8-10-16/h6-10,17,22H,11-15H2,1-5H3. The number of rotatable bonds is 5. The lowest BCUT2D eigenvalue weighted by molar-refractivity contribution is -0.162. The van der Waals surface area contributed by atoms with Crippen LogP contribution in [0.25, 0.3) is 0 Å². The molecule has 1 aromatic rings. The predicted molar refractivity (Wildman–Crippen MR) is 104 cm³/mol. The molecule has 1 aliphatic heterocycles. The molecule has 0 bridgehead atoms. The summed E-state index contributed by atoms with van der Waals surface area (Å²) in [5.74, 6) is -0.264. The van der Waals surface area contributed by atoms with Gasteiger partial charge in [-0.05, 0) is 53.0 Å². The molecule has 1 amide bonds. The fourth-order valence-corrected chi connectivity index (χ4v) is 2.99. The van der Waals surface area contributed by atoms with Crippen LogP contribution in [0.4, 0.5) is 4.79 Å². The zero-order valence-corrected chi connectivity index (χ0v) is 17.1. The van der Waals surface area contributed by atoms with Crippen molar-refractivity contribution >= 4 is 12.1 Å². The van der Waals surface area contributed by atoms with Crippen molar-refractivity contribution in [1.82, 2.24) is 10.2 Å². The molecule has 0 spiro atoms. The van der Waals surface area contributed by atoms with E-state index in [1.165, 1.54) is 0 Å². The molecule has 6 heteroatoms. The van der Waals surface area contributed by atoms with E-state index in [0.29, 0.717) is 13.1 Å². The Labute approximate surface area is 162 Å². The number of piperidine rings is 1. The average molecular weight is 376 g/mol. The second-order valence-electron chi connectivity index (χ2n) is 8.57. The highest BCUT2D eigenvalue weighted by Crippen LogP contribution is 2.19. The van der Waals surface area contributed by atoms with Gasteiger partial charge >= 0.3 is 12.1 Å². The number of carbonyl (C=O) groups is 2. The number of esters is 1. The molecule has 1 saturated heterocycles. The predicted octanol–water partition coefficient (Wildman–Crippen LogP) is 3.50. The number of carbonyl (C=O) groups excluding carboxylic acids is 2.